The Kier molecular flexibility index (Phi) is 5.08. The van der Waals surface area contributed by atoms with Gasteiger partial charge in [-0.3, -0.25) is 4.79 Å². The predicted octanol–water partition coefficient (Wildman–Crippen LogP) is 3.10. The normalized spacial score (nSPS) is 15.6. The first-order chi connectivity index (χ1) is 13.6. The van der Waals surface area contributed by atoms with Gasteiger partial charge >= 0.3 is 6.03 Å². The van der Waals surface area contributed by atoms with E-state index >= 15 is 0 Å². The number of nitrogens with one attached hydrogen (secondary N) is 2. The maximum atomic E-state index is 12.8. The van der Waals surface area contributed by atoms with Crippen molar-refractivity contribution in [3.63, 3.8) is 0 Å². The number of anilines is 2. The molecule has 1 aromatic carbocycles. The summed E-state index contributed by atoms with van der Waals surface area (Å²) in [5, 5.41) is 6.41. The van der Waals surface area contributed by atoms with Crippen LogP contribution < -0.4 is 20.1 Å². The van der Waals surface area contributed by atoms with Crippen LogP contribution in [0.2, 0.25) is 0 Å². The monoisotopic (exact) mass is 402 g/mol. The Morgan fingerprint density at radius 1 is 1.21 bits per heavy atom. The lowest BCUT2D eigenvalue weighted by atomic mass is 10.2. The SMILES string of the molecule is COc1cccc(NC(=O)N2CCc3nc(NC(=O)C4CC4)sc3C2)c1OC. The molecule has 2 aliphatic rings. The summed E-state index contributed by atoms with van der Waals surface area (Å²) in [6, 6.07) is 5.13. The van der Waals surface area contributed by atoms with E-state index in [-0.39, 0.29) is 17.9 Å². The van der Waals surface area contributed by atoms with E-state index in [9.17, 15) is 9.59 Å². The summed E-state index contributed by atoms with van der Waals surface area (Å²) in [4.78, 5) is 31.9. The zero-order valence-corrected chi connectivity index (χ0v) is 16.6. The van der Waals surface area contributed by atoms with Crippen LogP contribution >= 0.6 is 11.3 Å². The highest BCUT2D eigenvalue weighted by atomic mass is 32.1. The van der Waals surface area contributed by atoms with E-state index in [0.717, 1.165) is 23.4 Å². The first kappa shape index (κ1) is 18.5. The smallest absolute Gasteiger partial charge is 0.322 e. The van der Waals surface area contributed by atoms with Crippen LogP contribution in [0.25, 0.3) is 0 Å². The number of para-hydroxylation sites is 1. The van der Waals surface area contributed by atoms with E-state index in [0.29, 0.717) is 41.8 Å². The second-order valence-electron chi connectivity index (χ2n) is 6.80. The fourth-order valence-electron chi connectivity index (χ4n) is 3.16. The molecule has 0 spiro atoms. The summed E-state index contributed by atoms with van der Waals surface area (Å²) < 4.78 is 10.6. The number of carbonyl (C=O) groups excluding carboxylic acids is 2. The summed E-state index contributed by atoms with van der Waals surface area (Å²) in [6.07, 6.45) is 2.57. The molecular formula is C19H22N4O4S. The fraction of sp³-hybridized carbons (Fsp3) is 0.421. The first-order valence-corrected chi connectivity index (χ1v) is 9.97. The number of nitrogens with zero attached hydrogens (tertiary/aromatic N) is 2. The zero-order chi connectivity index (χ0) is 19.7. The molecule has 9 heteroatoms. The summed E-state index contributed by atoms with van der Waals surface area (Å²) >= 11 is 1.44. The number of rotatable bonds is 5. The highest BCUT2D eigenvalue weighted by Crippen LogP contribution is 2.36. The second-order valence-corrected chi connectivity index (χ2v) is 7.88. The fourth-order valence-corrected chi connectivity index (χ4v) is 4.18. The van der Waals surface area contributed by atoms with Crippen LogP contribution in [0.4, 0.5) is 15.6 Å². The molecule has 4 rings (SSSR count). The van der Waals surface area contributed by atoms with Crippen molar-refractivity contribution < 1.29 is 19.1 Å². The summed E-state index contributed by atoms with van der Waals surface area (Å²) in [5.41, 5.74) is 1.51. The molecule has 0 atom stereocenters. The molecule has 2 aromatic rings. The van der Waals surface area contributed by atoms with Gasteiger partial charge in [-0.05, 0) is 25.0 Å². The number of benzene rings is 1. The molecule has 28 heavy (non-hydrogen) atoms. The Morgan fingerprint density at radius 3 is 2.75 bits per heavy atom. The van der Waals surface area contributed by atoms with Crippen molar-refractivity contribution in [1.29, 1.82) is 0 Å². The van der Waals surface area contributed by atoms with Crippen LogP contribution in [-0.2, 0) is 17.8 Å². The average Bonchev–Trinajstić information content (AvgIpc) is 3.47. The lowest BCUT2D eigenvalue weighted by Gasteiger charge is -2.26. The molecule has 1 fully saturated rings. The molecule has 0 radical (unpaired) electrons. The van der Waals surface area contributed by atoms with Gasteiger partial charge in [0.1, 0.15) is 0 Å². The van der Waals surface area contributed by atoms with Crippen molar-refractivity contribution >= 4 is 34.1 Å². The largest absolute Gasteiger partial charge is 0.493 e. The van der Waals surface area contributed by atoms with Crippen LogP contribution in [0.1, 0.15) is 23.4 Å². The van der Waals surface area contributed by atoms with Gasteiger partial charge in [0.15, 0.2) is 16.6 Å². The van der Waals surface area contributed by atoms with Gasteiger partial charge in [-0.2, -0.15) is 0 Å². The van der Waals surface area contributed by atoms with E-state index in [1.165, 1.54) is 18.4 Å². The maximum Gasteiger partial charge on any atom is 0.322 e. The van der Waals surface area contributed by atoms with Gasteiger partial charge in [0, 0.05) is 23.8 Å². The number of ether oxygens (including phenoxy) is 2. The molecule has 3 amide bonds. The number of methoxy groups -OCH3 is 2. The van der Waals surface area contributed by atoms with Gasteiger partial charge in [0.2, 0.25) is 5.91 Å². The topological polar surface area (TPSA) is 92.8 Å². The predicted molar refractivity (Wildman–Crippen MR) is 106 cm³/mol. The number of thiazole rings is 1. The lowest BCUT2D eigenvalue weighted by Crippen LogP contribution is -2.38. The van der Waals surface area contributed by atoms with Crippen LogP contribution in [0.5, 0.6) is 11.5 Å². The number of aromatic nitrogens is 1. The Morgan fingerprint density at radius 2 is 2.04 bits per heavy atom. The van der Waals surface area contributed by atoms with E-state index in [2.05, 4.69) is 15.6 Å². The van der Waals surface area contributed by atoms with Crippen molar-refractivity contribution in [3.8, 4) is 11.5 Å². The van der Waals surface area contributed by atoms with Gasteiger partial charge in [0.05, 0.1) is 32.1 Å². The molecule has 1 aromatic heterocycles. The van der Waals surface area contributed by atoms with Crippen molar-refractivity contribution in [2.24, 2.45) is 5.92 Å². The molecule has 0 unspecified atom stereocenters. The lowest BCUT2D eigenvalue weighted by molar-refractivity contribution is -0.117. The third-order valence-electron chi connectivity index (χ3n) is 4.84. The van der Waals surface area contributed by atoms with E-state index in [4.69, 9.17) is 9.47 Å². The molecule has 0 saturated heterocycles. The molecule has 2 N–H and O–H groups in total. The van der Waals surface area contributed by atoms with Gasteiger partial charge in [-0.25, -0.2) is 9.78 Å². The minimum Gasteiger partial charge on any atom is -0.493 e. The number of hydrogen-bond donors (Lipinski definition) is 2. The zero-order valence-electron chi connectivity index (χ0n) is 15.8. The Labute approximate surface area is 166 Å². The molecular weight excluding hydrogens is 380 g/mol. The standard InChI is InChI=1S/C19H22N4O4S/c1-26-14-5-3-4-13(16(14)27-2)21-19(25)23-9-8-12-15(10-23)28-18(20-12)22-17(24)11-6-7-11/h3-5,11H,6-10H2,1-2H3,(H,21,25)(H,20,22,24). The van der Waals surface area contributed by atoms with Gasteiger partial charge in [-0.1, -0.05) is 17.4 Å². The van der Waals surface area contributed by atoms with Crippen LogP contribution in [0.15, 0.2) is 18.2 Å². The number of urea groups is 1. The van der Waals surface area contributed by atoms with E-state index in [1.807, 2.05) is 0 Å². The quantitative estimate of drug-likeness (QED) is 0.802. The summed E-state index contributed by atoms with van der Waals surface area (Å²) in [7, 11) is 3.09. The van der Waals surface area contributed by atoms with E-state index in [1.54, 1.807) is 30.2 Å². The molecule has 148 valence electrons. The van der Waals surface area contributed by atoms with Gasteiger partial charge < -0.3 is 25.0 Å². The van der Waals surface area contributed by atoms with Crippen LogP contribution in [0.3, 0.4) is 0 Å². The molecule has 8 nitrogen and oxygen atoms in total. The first-order valence-electron chi connectivity index (χ1n) is 9.15. The van der Waals surface area contributed by atoms with Crippen molar-refractivity contribution in [3.05, 3.63) is 28.8 Å². The number of carbonyl (C=O) groups is 2. The molecule has 0 bridgehead atoms. The van der Waals surface area contributed by atoms with Gasteiger partial charge in [0.25, 0.3) is 0 Å². The molecule has 1 aliphatic carbocycles. The molecule has 1 saturated carbocycles. The highest BCUT2D eigenvalue weighted by Gasteiger charge is 2.31. The highest BCUT2D eigenvalue weighted by molar-refractivity contribution is 7.15. The summed E-state index contributed by atoms with van der Waals surface area (Å²) in [5.74, 6) is 1.23. The van der Waals surface area contributed by atoms with Crippen molar-refractivity contribution in [2.75, 3.05) is 31.4 Å². The second kappa shape index (κ2) is 7.67. The van der Waals surface area contributed by atoms with Crippen molar-refractivity contribution in [1.82, 2.24) is 9.88 Å². The summed E-state index contributed by atoms with van der Waals surface area (Å²) in [6.45, 7) is 1.02. The Hall–Kier alpha value is -2.81. The van der Waals surface area contributed by atoms with Gasteiger partial charge in [-0.15, -0.1) is 0 Å². The van der Waals surface area contributed by atoms with Crippen LogP contribution in [0, 0.1) is 5.92 Å². The number of hydrogen-bond acceptors (Lipinski definition) is 6. The number of amides is 3. The minimum atomic E-state index is -0.214. The molecule has 2 heterocycles. The van der Waals surface area contributed by atoms with Crippen molar-refractivity contribution in [2.45, 2.75) is 25.8 Å². The minimum absolute atomic E-state index is 0.0471. The number of fused-ring (bicyclic) bond motifs is 1. The third-order valence-corrected chi connectivity index (χ3v) is 5.84. The average molecular weight is 402 g/mol. The maximum absolute atomic E-state index is 12.8. The van der Waals surface area contributed by atoms with E-state index < -0.39 is 0 Å². The van der Waals surface area contributed by atoms with Crippen LogP contribution in [-0.4, -0.2) is 42.6 Å². The Bertz CT molecular complexity index is 909. The Balaban J connectivity index is 1.43. The molecule has 1 aliphatic heterocycles. The third kappa shape index (κ3) is 3.75.